The van der Waals surface area contributed by atoms with Gasteiger partial charge < -0.3 is 10.0 Å². The van der Waals surface area contributed by atoms with Crippen molar-refractivity contribution in [1.82, 2.24) is 19.2 Å². The number of amides is 1. The van der Waals surface area contributed by atoms with Crippen molar-refractivity contribution in [3.05, 3.63) is 57.1 Å². The van der Waals surface area contributed by atoms with Crippen molar-refractivity contribution in [2.45, 2.75) is 18.9 Å². The molecule has 1 aromatic heterocycles. The summed E-state index contributed by atoms with van der Waals surface area (Å²) in [5.74, 6) is -2.19. The molecule has 0 saturated carbocycles. The molecule has 1 aromatic carbocycles. The lowest BCUT2D eigenvalue weighted by atomic mass is 10.1. The van der Waals surface area contributed by atoms with E-state index in [0.29, 0.717) is 31.6 Å². The number of carbonyl (C=O) groups excluding carboxylic acids is 1. The summed E-state index contributed by atoms with van der Waals surface area (Å²) < 4.78 is 30.5. The molecule has 0 atom stereocenters. The molecule has 0 bridgehead atoms. The number of thiophene rings is 1. The van der Waals surface area contributed by atoms with Crippen LogP contribution in [0.15, 0.2) is 40.0 Å². The van der Waals surface area contributed by atoms with E-state index < -0.39 is 29.3 Å². The minimum atomic E-state index is -1.10. The molecule has 1 N–H and O–H groups in total. The SMILES string of the molecule is O=C(N1CCC(O)CC1)n1cc2c(=O)n(-c3ccsc3)nc-2c2cc(F)c(F)cc21. The van der Waals surface area contributed by atoms with Crippen LogP contribution in [-0.2, 0) is 0 Å². The maximum Gasteiger partial charge on any atom is 0.328 e. The zero-order chi connectivity index (χ0) is 21.0. The fourth-order valence-electron chi connectivity index (χ4n) is 3.77. The first-order valence-electron chi connectivity index (χ1n) is 9.37. The van der Waals surface area contributed by atoms with Gasteiger partial charge in [-0.3, -0.25) is 9.36 Å². The predicted molar refractivity (Wildman–Crippen MR) is 107 cm³/mol. The van der Waals surface area contributed by atoms with Crippen molar-refractivity contribution in [1.29, 1.82) is 0 Å². The average Bonchev–Trinajstić information content (AvgIpc) is 3.37. The number of hydrogen-bond acceptors (Lipinski definition) is 5. The Hall–Kier alpha value is -3.11. The van der Waals surface area contributed by atoms with Crippen LogP contribution in [0.5, 0.6) is 0 Å². The smallest absolute Gasteiger partial charge is 0.328 e. The quantitative estimate of drug-likeness (QED) is 0.503. The molecule has 3 aliphatic rings. The molecule has 1 amide bonds. The number of aliphatic hydroxyl groups is 1. The van der Waals surface area contributed by atoms with E-state index in [2.05, 4.69) is 5.10 Å². The Morgan fingerprint density at radius 1 is 1.20 bits per heavy atom. The topological polar surface area (TPSA) is 80.4 Å². The van der Waals surface area contributed by atoms with Crippen LogP contribution in [0.4, 0.5) is 13.6 Å². The number of pyridine rings is 1. The van der Waals surface area contributed by atoms with Crippen LogP contribution in [-0.4, -0.2) is 49.6 Å². The maximum absolute atomic E-state index is 14.1. The Morgan fingerprint density at radius 2 is 1.93 bits per heavy atom. The van der Waals surface area contributed by atoms with Gasteiger partial charge >= 0.3 is 6.03 Å². The molecule has 3 aliphatic heterocycles. The molecule has 0 spiro atoms. The Balaban J connectivity index is 1.76. The number of hydrogen-bond donors (Lipinski definition) is 1. The Labute approximate surface area is 172 Å². The highest BCUT2D eigenvalue weighted by Crippen LogP contribution is 2.30. The standard InChI is InChI=1S/C20H16F2N4O3S/c21-15-7-13-17(8-16(15)22)25(20(29)24-4-1-12(27)2-5-24)9-14-18(13)23-26(19(14)28)11-3-6-30-10-11/h3,6-10,12,27H,1-2,4-5H2. The third-order valence-electron chi connectivity index (χ3n) is 5.38. The Bertz CT molecular complexity index is 1290. The van der Waals surface area contributed by atoms with E-state index in [1.807, 2.05) is 0 Å². The first-order valence-corrected chi connectivity index (χ1v) is 10.3. The maximum atomic E-state index is 14.1. The van der Waals surface area contributed by atoms with Gasteiger partial charge in [-0.1, -0.05) is 0 Å². The molecule has 30 heavy (non-hydrogen) atoms. The van der Waals surface area contributed by atoms with Crippen LogP contribution < -0.4 is 5.56 Å². The first kappa shape index (κ1) is 18.9. The lowest BCUT2D eigenvalue weighted by molar-refractivity contribution is 0.0943. The van der Waals surface area contributed by atoms with E-state index in [-0.39, 0.29) is 22.2 Å². The van der Waals surface area contributed by atoms with Crippen LogP contribution in [0.25, 0.3) is 27.8 Å². The summed E-state index contributed by atoms with van der Waals surface area (Å²) in [5.41, 5.74) is 0.543. The van der Waals surface area contributed by atoms with Gasteiger partial charge in [0.15, 0.2) is 11.6 Å². The number of benzene rings is 1. The van der Waals surface area contributed by atoms with Gasteiger partial charge in [-0.05, 0) is 30.4 Å². The number of nitrogens with zero attached hydrogens (tertiary/aromatic N) is 4. The minimum Gasteiger partial charge on any atom is -0.393 e. The number of aliphatic hydroxyl groups excluding tert-OH is 1. The fraction of sp³-hybridized carbons (Fsp3) is 0.250. The summed E-state index contributed by atoms with van der Waals surface area (Å²) >= 11 is 1.39. The molecule has 1 fully saturated rings. The van der Waals surface area contributed by atoms with E-state index in [1.54, 1.807) is 16.8 Å². The van der Waals surface area contributed by atoms with Gasteiger partial charge in [0.2, 0.25) is 0 Å². The zero-order valence-electron chi connectivity index (χ0n) is 15.6. The summed E-state index contributed by atoms with van der Waals surface area (Å²) in [6.07, 6.45) is 1.72. The van der Waals surface area contributed by atoms with E-state index in [0.717, 1.165) is 12.1 Å². The number of aromatic nitrogens is 3. The van der Waals surface area contributed by atoms with Crippen LogP contribution in [0.3, 0.4) is 0 Å². The van der Waals surface area contributed by atoms with Crippen molar-refractivity contribution in [2.75, 3.05) is 13.1 Å². The van der Waals surface area contributed by atoms with Crippen molar-refractivity contribution < 1.29 is 18.7 Å². The lowest BCUT2D eigenvalue weighted by Crippen LogP contribution is -2.42. The summed E-state index contributed by atoms with van der Waals surface area (Å²) in [5, 5.41) is 17.7. The van der Waals surface area contributed by atoms with Gasteiger partial charge in [0.05, 0.1) is 22.9 Å². The molecule has 0 aliphatic carbocycles. The highest BCUT2D eigenvalue weighted by Gasteiger charge is 2.28. The summed E-state index contributed by atoms with van der Waals surface area (Å²) in [4.78, 5) is 27.7. The van der Waals surface area contributed by atoms with Crippen molar-refractivity contribution in [3.63, 3.8) is 0 Å². The van der Waals surface area contributed by atoms with E-state index in [9.17, 15) is 23.5 Å². The molecule has 7 nitrogen and oxygen atoms in total. The highest BCUT2D eigenvalue weighted by atomic mass is 32.1. The van der Waals surface area contributed by atoms with Gasteiger partial charge in [-0.2, -0.15) is 21.1 Å². The third kappa shape index (κ3) is 2.91. The normalized spacial score (nSPS) is 15.4. The van der Waals surface area contributed by atoms with Gasteiger partial charge in [0.25, 0.3) is 5.56 Å². The monoisotopic (exact) mass is 430 g/mol. The molecule has 0 unspecified atom stereocenters. The molecule has 5 rings (SSSR count). The van der Waals surface area contributed by atoms with Gasteiger partial charge in [-0.25, -0.2) is 13.6 Å². The molecule has 0 radical (unpaired) electrons. The predicted octanol–water partition coefficient (Wildman–Crippen LogP) is 3.06. The first-order chi connectivity index (χ1) is 14.4. The number of piperidine rings is 1. The van der Waals surface area contributed by atoms with Crippen LogP contribution >= 0.6 is 11.3 Å². The number of likely N-dealkylation sites (tertiary alicyclic amines) is 1. The van der Waals surface area contributed by atoms with Gasteiger partial charge in [-0.15, -0.1) is 0 Å². The van der Waals surface area contributed by atoms with E-state index >= 15 is 0 Å². The second-order valence-corrected chi connectivity index (χ2v) is 8.02. The second kappa shape index (κ2) is 6.99. The van der Waals surface area contributed by atoms with E-state index in [4.69, 9.17) is 0 Å². The number of rotatable bonds is 1. The van der Waals surface area contributed by atoms with Crippen molar-refractivity contribution in [2.24, 2.45) is 0 Å². The van der Waals surface area contributed by atoms with Crippen LogP contribution in [0.2, 0.25) is 0 Å². The van der Waals surface area contributed by atoms with Gasteiger partial charge in [0, 0.05) is 36.1 Å². The average molecular weight is 430 g/mol. The summed E-state index contributed by atoms with van der Waals surface area (Å²) in [7, 11) is 0. The lowest BCUT2D eigenvalue weighted by Gasteiger charge is -2.30. The number of halogens is 2. The fourth-order valence-corrected chi connectivity index (χ4v) is 4.39. The highest BCUT2D eigenvalue weighted by molar-refractivity contribution is 7.08. The summed E-state index contributed by atoms with van der Waals surface area (Å²) in [6, 6.07) is 3.15. The second-order valence-electron chi connectivity index (χ2n) is 7.24. The molecular weight excluding hydrogens is 414 g/mol. The molecule has 10 heteroatoms. The molecule has 2 aromatic rings. The van der Waals surface area contributed by atoms with Gasteiger partial charge in [0.1, 0.15) is 5.69 Å². The molecular formula is C20H16F2N4O3S. The Morgan fingerprint density at radius 3 is 2.63 bits per heavy atom. The third-order valence-corrected chi connectivity index (χ3v) is 6.05. The minimum absolute atomic E-state index is 0.118. The largest absolute Gasteiger partial charge is 0.393 e. The Kier molecular flexibility index (Phi) is 4.40. The molecule has 1 saturated heterocycles. The van der Waals surface area contributed by atoms with Crippen molar-refractivity contribution >= 4 is 28.3 Å². The van der Waals surface area contributed by atoms with Crippen LogP contribution in [0.1, 0.15) is 12.8 Å². The molecule has 4 heterocycles. The zero-order valence-corrected chi connectivity index (χ0v) is 16.4. The number of fused-ring (bicyclic) bond motifs is 3. The number of carbonyl (C=O) groups is 1. The molecule has 154 valence electrons. The van der Waals surface area contributed by atoms with Crippen molar-refractivity contribution in [3.8, 4) is 16.9 Å². The summed E-state index contributed by atoms with van der Waals surface area (Å²) in [6.45, 7) is 0.656. The van der Waals surface area contributed by atoms with E-state index in [1.165, 1.54) is 31.7 Å². The van der Waals surface area contributed by atoms with Crippen LogP contribution in [0, 0.1) is 11.6 Å².